The molecule has 0 spiro atoms. The van der Waals surface area contributed by atoms with Crippen molar-refractivity contribution in [3.05, 3.63) is 65.2 Å². The van der Waals surface area contributed by atoms with E-state index in [1.165, 1.54) is 0 Å². The molecule has 3 rings (SSSR count). The van der Waals surface area contributed by atoms with Crippen LogP contribution in [-0.2, 0) is 4.74 Å². The molecule has 0 aliphatic carbocycles. The molecule has 1 heterocycles. The van der Waals surface area contributed by atoms with Gasteiger partial charge in [0.2, 0.25) is 0 Å². The van der Waals surface area contributed by atoms with Crippen molar-refractivity contribution in [3.8, 4) is 0 Å². The van der Waals surface area contributed by atoms with E-state index < -0.39 is 23.6 Å². The lowest BCUT2D eigenvalue weighted by Crippen LogP contribution is -2.37. The molecule has 1 saturated heterocycles. The summed E-state index contributed by atoms with van der Waals surface area (Å²) in [6.07, 6.45) is -0.0153. The summed E-state index contributed by atoms with van der Waals surface area (Å²) in [5.41, 5.74) is 0.815. The highest BCUT2D eigenvalue weighted by molar-refractivity contribution is 6.04. The van der Waals surface area contributed by atoms with E-state index >= 15 is 0 Å². The molecule has 2 N–H and O–H groups in total. The summed E-state index contributed by atoms with van der Waals surface area (Å²) >= 11 is 0. The van der Waals surface area contributed by atoms with Crippen molar-refractivity contribution in [1.82, 2.24) is 4.90 Å². The first-order valence-electron chi connectivity index (χ1n) is 8.87. The van der Waals surface area contributed by atoms with Gasteiger partial charge in [-0.1, -0.05) is 12.1 Å². The molecule has 1 aliphatic heterocycles. The van der Waals surface area contributed by atoms with Crippen LogP contribution in [0.3, 0.4) is 0 Å². The quantitative estimate of drug-likeness (QED) is 0.814. The van der Waals surface area contributed by atoms with Gasteiger partial charge < -0.3 is 15.2 Å². The van der Waals surface area contributed by atoms with Gasteiger partial charge in [-0.05, 0) is 42.3 Å². The number of aliphatic hydroxyl groups is 1. The monoisotopic (exact) mass is 376 g/mol. The number of carbonyl (C=O) groups is 1. The topological polar surface area (TPSA) is 61.8 Å². The third-order valence-electron chi connectivity index (χ3n) is 4.55. The summed E-state index contributed by atoms with van der Waals surface area (Å²) in [5.74, 6) is -2.20. The fourth-order valence-electron chi connectivity index (χ4n) is 2.95. The standard InChI is InChI=1S/C20H22F2N2O3/c21-15-3-6-18(22)17(13-15)20(26)23-16-4-1-14(2-5-16)19(25)7-8-24-9-11-27-12-10-24/h1-6,13,19,25H,7-12H2,(H,23,26). The number of nitrogens with one attached hydrogen (secondary N) is 1. The number of ether oxygens (including phenoxy) is 1. The van der Waals surface area contributed by atoms with Crippen LogP contribution in [0.5, 0.6) is 0 Å². The van der Waals surface area contributed by atoms with Gasteiger partial charge in [-0.3, -0.25) is 9.69 Å². The molecule has 1 unspecified atom stereocenters. The Morgan fingerprint density at radius 3 is 2.56 bits per heavy atom. The summed E-state index contributed by atoms with van der Waals surface area (Å²) in [5, 5.41) is 12.9. The highest BCUT2D eigenvalue weighted by Gasteiger charge is 2.15. The number of halogens is 2. The van der Waals surface area contributed by atoms with E-state index in [1.807, 2.05) is 0 Å². The first kappa shape index (κ1) is 19.4. The average Bonchev–Trinajstić information content (AvgIpc) is 2.69. The third-order valence-corrected chi connectivity index (χ3v) is 4.55. The maximum atomic E-state index is 13.7. The van der Waals surface area contributed by atoms with E-state index in [-0.39, 0.29) is 5.56 Å². The van der Waals surface area contributed by atoms with E-state index in [4.69, 9.17) is 4.74 Å². The molecular formula is C20H22F2N2O3. The molecular weight excluding hydrogens is 354 g/mol. The first-order valence-corrected chi connectivity index (χ1v) is 8.87. The maximum absolute atomic E-state index is 13.7. The largest absolute Gasteiger partial charge is 0.388 e. The summed E-state index contributed by atoms with van der Waals surface area (Å²) in [7, 11) is 0. The number of amides is 1. The van der Waals surface area contributed by atoms with Crippen molar-refractivity contribution in [2.45, 2.75) is 12.5 Å². The molecule has 144 valence electrons. The summed E-state index contributed by atoms with van der Waals surface area (Å²) in [6, 6.07) is 9.40. The molecule has 5 nitrogen and oxygen atoms in total. The highest BCUT2D eigenvalue weighted by atomic mass is 19.1. The van der Waals surface area contributed by atoms with Crippen LogP contribution in [0, 0.1) is 11.6 Å². The molecule has 2 aromatic carbocycles. The Hall–Kier alpha value is -2.35. The fourth-order valence-corrected chi connectivity index (χ4v) is 2.95. The van der Waals surface area contributed by atoms with E-state index in [0.717, 1.165) is 56.6 Å². The van der Waals surface area contributed by atoms with Gasteiger partial charge in [-0.15, -0.1) is 0 Å². The van der Waals surface area contributed by atoms with Crippen molar-refractivity contribution >= 4 is 11.6 Å². The van der Waals surface area contributed by atoms with Crippen molar-refractivity contribution in [2.75, 3.05) is 38.2 Å². The molecule has 0 bridgehead atoms. The van der Waals surface area contributed by atoms with Crippen LogP contribution in [0.25, 0.3) is 0 Å². The lowest BCUT2D eigenvalue weighted by molar-refractivity contribution is 0.0300. The van der Waals surface area contributed by atoms with Crippen LogP contribution in [0.15, 0.2) is 42.5 Å². The van der Waals surface area contributed by atoms with Gasteiger partial charge >= 0.3 is 0 Å². The lowest BCUT2D eigenvalue weighted by Gasteiger charge is -2.27. The van der Waals surface area contributed by atoms with Gasteiger partial charge in [0.05, 0.1) is 24.9 Å². The van der Waals surface area contributed by atoms with Crippen molar-refractivity contribution in [3.63, 3.8) is 0 Å². The highest BCUT2D eigenvalue weighted by Crippen LogP contribution is 2.20. The molecule has 0 radical (unpaired) electrons. The molecule has 1 amide bonds. The lowest BCUT2D eigenvalue weighted by atomic mass is 10.1. The first-order chi connectivity index (χ1) is 13.0. The van der Waals surface area contributed by atoms with Crippen LogP contribution in [-0.4, -0.2) is 48.8 Å². The molecule has 0 aromatic heterocycles. The van der Waals surface area contributed by atoms with Crippen LogP contribution >= 0.6 is 0 Å². The van der Waals surface area contributed by atoms with Crippen molar-refractivity contribution < 1.29 is 23.4 Å². The average molecular weight is 376 g/mol. The molecule has 27 heavy (non-hydrogen) atoms. The third kappa shape index (κ3) is 5.32. The molecule has 1 atom stereocenters. The van der Waals surface area contributed by atoms with Crippen LogP contribution in [0.4, 0.5) is 14.5 Å². The predicted octanol–water partition coefficient (Wildman–Crippen LogP) is 2.97. The fraction of sp³-hybridized carbons (Fsp3) is 0.350. The van der Waals surface area contributed by atoms with Gasteiger partial charge in [-0.25, -0.2) is 8.78 Å². The number of anilines is 1. The zero-order valence-corrected chi connectivity index (χ0v) is 14.8. The number of nitrogens with zero attached hydrogens (tertiary/aromatic N) is 1. The van der Waals surface area contributed by atoms with Crippen molar-refractivity contribution in [1.29, 1.82) is 0 Å². The maximum Gasteiger partial charge on any atom is 0.258 e. The zero-order valence-electron chi connectivity index (χ0n) is 14.8. The van der Waals surface area contributed by atoms with Gasteiger partial charge in [0, 0.05) is 25.3 Å². The Bertz CT molecular complexity index is 777. The predicted molar refractivity (Wildman–Crippen MR) is 97.6 cm³/mol. The molecule has 0 saturated carbocycles. The van der Waals surface area contributed by atoms with Gasteiger partial charge in [-0.2, -0.15) is 0 Å². The van der Waals surface area contributed by atoms with Crippen molar-refractivity contribution in [2.24, 2.45) is 0 Å². The van der Waals surface area contributed by atoms with E-state index in [2.05, 4.69) is 10.2 Å². The Kier molecular flexibility index (Phi) is 6.49. The Balaban J connectivity index is 1.56. The second kappa shape index (κ2) is 9.03. The number of carbonyl (C=O) groups excluding carboxylic acids is 1. The Morgan fingerprint density at radius 2 is 1.85 bits per heavy atom. The molecule has 1 fully saturated rings. The number of aliphatic hydroxyl groups excluding tert-OH is 1. The number of hydrogen-bond acceptors (Lipinski definition) is 4. The van der Waals surface area contributed by atoms with E-state index in [0.29, 0.717) is 12.1 Å². The summed E-state index contributed by atoms with van der Waals surface area (Å²) in [4.78, 5) is 14.3. The Morgan fingerprint density at radius 1 is 1.15 bits per heavy atom. The Labute approximate surface area is 156 Å². The molecule has 7 heteroatoms. The second-order valence-corrected chi connectivity index (χ2v) is 6.46. The minimum Gasteiger partial charge on any atom is -0.388 e. The number of hydrogen-bond donors (Lipinski definition) is 2. The van der Waals surface area contributed by atoms with Crippen LogP contribution < -0.4 is 5.32 Å². The van der Waals surface area contributed by atoms with Gasteiger partial charge in [0.25, 0.3) is 5.91 Å². The number of morpholine rings is 1. The second-order valence-electron chi connectivity index (χ2n) is 6.46. The minimum atomic E-state index is -0.788. The van der Waals surface area contributed by atoms with Crippen LogP contribution in [0.2, 0.25) is 0 Å². The van der Waals surface area contributed by atoms with Gasteiger partial charge in [0.1, 0.15) is 11.6 Å². The minimum absolute atomic E-state index is 0.357. The number of rotatable bonds is 6. The SMILES string of the molecule is O=C(Nc1ccc(C(O)CCN2CCOCC2)cc1)c1cc(F)ccc1F. The summed E-state index contributed by atoms with van der Waals surface area (Å²) < 4.78 is 32.2. The smallest absolute Gasteiger partial charge is 0.258 e. The number of benzene rings is 2. The summed E-state index contributed by atoms with van der Waals surface area (Å²) in [6.45, 7) is 3.96. The van der Waals surface area contributed by atoms with E-state index in [1.54, 1.807) is 24.3 Å². The normalized spacial score (nSPS) is 16.1. The van der Waals surface area contributed by atoms with E-state index in [9.17, 15) is 18.7 Å². The van der Waals surface area contributed by atoms with Gasteiger partial charge in [0.15, 0.2) is 0 Å². The zero-order chi connectivity index (χ0) is 19.2. The molecule has 2 aromatic rings. The van der Waals surface area contributed by atoms with Crippen LogP contribution in [0.1, 0.15) is 28.4 Å². The molecule has 1 aliphatic rings.